The van der Waals surface area contributed by atoms with E-state index in [0.717, 1.165) is 12.8 Å². The van der Waals surface area contributed by atoms with Crippen molar-refractivity contribution in [3.63, 3.8) is 0 Å². The fourth-order valence-electron chi connectivity index (χ4n) is 0.814. The second kappa shape index (κ2) is 7.55. The van der Waals surface area contributed by atoms with E-state index in [4.69, 9.17) is 17.3 Å². The number of sulfonamides is 1. The van der Waals surface area contributed by atoms with Crippen molar-refractivity contribution in [2.45, 2.75) is 19.3 Å². The molecular formula is C7H17ClN2O2S. The smallest absolute Gasteiger partial charge is 0.211 e. The number of nitrogens with two attached hydrogens (primary N) is 1. The van der Waals surface area contributed by atoms with Crippen LogP contribution in [0.1, 0.15) is 19.3 Å². The summed E-state index contributed by atoms with van der Waals surface area (Å²) < 4.78 is 24.8. The van der Waals surface area contributed by atoms with E-state index < -0.39 is 10.0 Å². The lowest BCUT2D eigenvalue weighted by atomic mass is 10.3. The van der Waals surface area contributed by atoms with Gasteiger partial charge in [-0.05, 0) is 25.8 Å². The summed E-state index contributed by atoms with van der Waals surface area (Å²) in [7, 11) is -3.10. The maximum atomic E-state index is 11.2. The zero-order chi connectivity index (χ0) is 10.2. The second-order valence-electron chi connectivity index (χ2n) is 2.75. The van der Waals surface area contributed by atoms with Crippen LogP contribution in [0.5, 0.6) is 0 Å². The molecular weight excluding hydrogens is 212 g/mol. The lowest BCUT2D eigenvalue weighted by Crippen LogP contribution is -2.27. The highest BCUT2D eigenvalue weighted by molar-refractivity contribution is 7.89. The Hall–Kier alpha value is 0.160. The van der Waals surface area contributed by atoms with Crippen LogP contribution in [0.15, 0.2) is 0 Å². The summed E-state index contributed by atoms with van der Waals surface area (Å²) in [5.74, 6) is 0.489. The maximum Gasteiger partial charge on any atom is 0.211 e. The Morgan fingerprint density at radius 1 is 1.23 bits per heavy atom. The number of hydrogen-bond donors (Lipinski definition) is 2. The van der Waals surface area contributed by atoms with Crippen molar-refractivity contribution in [3.05, 3.63) is 0 Å². The summed E-state index contributed by atoms with van der Waals surface area (Å²) in [6, 6.07) is 0. The second-order valence-corrected chi connectivity index (χ2v) is 5.06. The zero-order valence-electron chi connectivity index (χ0n) is 7.63. The topological polar surface area (TPSA) is 72.2 Å². The first-order chi connectivity index (χ1) is 6.12. The van der Waals surface area contributed by atoms with E-state index in [1.165, 1.54) is 0 Å². The van der Waals surface area contributed by atoms with Crippen molar-refractivity contribution in [1.29, 1.82) is 0 Å². The third kappa shape index (κ3) is 8.49. The first kappa shape index (κ1) is 13.2. The molecule has 0 heterocycles. The molecule has 0 aromatic heterocycles. The first-order valence-electron chi connectivity index (χ1n) is 4.36. The lowest BCUT2D eigenvalue weighted by Gasteiger charge is -2.04. The van der Waals surface area contributed by atoms with E-state index in [9.17, 15) is 8.42 Å². The van der Waals surface area contributed by atoms with Crippen molar-refractivity contribution in [2.24, 2.45) is 5.73 Å². The fraction of sp³-hybridized carbons (Fsp3) is 1.00. The molecule has 3 N–H and O–H groups in total. The van der Waals surface area contributed by atoms with Crippen LogP contribution < -0.4 is 10.5 Å². The monoisotopic (exact) mass is 228 g/mol. The predicted molar refractivity (Wildman–Crippen MR) is 55.4 cm³/mol. The van der Waals surface area contributed by atoms with Gasteiger partial charge in [0.25, 0.3) is 0 Å². The van der Waals surface area contributed by atoms with E-state index in [1.54, 1.807) is 0 Å². The molecule has 0 aliphatic heterocycles. The minimum Gasteiger partial charge on any atom is -0.330 e. The number of unbranched alkanes of at least 4 members (excludes halogenated alkanes) is 1. The van der Waals surface area contributed by atoms with E-state index in [-0.39, 0.29) is 5.75 Å². The highest BCUT2D eigenvalue weighted by Gasteiger charge is 2.07. The Bertz CT molecular complexity index is 207. The molecule has 4 nitrogen and oxygen atoms in total. The fourth-order valence-corrected chi connectivity index (χ4v) is 2.23. The van der Waals surface area contributed by atoms with Crippen molar-refractivity contribution in [3.8, 4) is 0 Å². The Balaban J connectivity index is 3.52. The summed E-state index contributed by atoms with van der Waals surface area (Å²) >= 11 is 5.38. The summed E-state index contributed by atoms with van der Waals surface area (Å²) in [6.45, 7) is 1.07. The van der Waals surface area contributed by atoms with Crippen LogP contribution >= 0.6 is 11.6 Å². The number of hydrogen-bond acceptors (Lipinski definition) is 3. The van der Waals surface area contributed by atoms with Crippen molar-refractivity contribution < 1.29 is 8.42 Å². The average Bonchev–Trinajstić information content (AvgIpc) is 2.09. The molecule has 0 bridgehead atoms. The molecule has 0 saturated carbocycles. The molecule has 0 rings (SSSR count). The number of rotatable bonds is 8. The van der Waals surface area contributed by atoms with Gasteiger partial charge in [0.1, 0.15) is 0 Å². The van der Waals surface area contributed by atoms with Gasteiger partial charge in [0.15, 0.2) is 0 Å². The molecule has 0 saturated heterocycles. The van der Waals surface area contributed by atoms with Gasteiger partial charge in [-0.3, -0.25) is 0 Å². The molecule has 0 atom stereocenters. The lowest BCUT2D eigenvalue weighted by molar-refractivity contribution is 0.576. The molecule has 0 aliphatic rings. The van der Waals surface area contributed by atoms with Gasteiger partial charge in [0.2, 0.25) is 10.0 Å². The molecule has 6 heteroatoms. The molecule has 0 aromatic rings. The highest BCUT2D eigenvalue weighted by atomic mass is 35.5. The van der Waals surface area contributed by atoms with Crippen molar-refractivity contribution in [2.75, 3.05) is 24.7 Å². The van der Waals surface area contributed by atoms with Crippen LogP contribution in [0.3, 0.4) is 0 Å². The third-order valence-electron chi connectivity index (χ3n) is 1.50. The predicted octanol–water partition coefficient (Wildman–Crippen LogP) is 0.274. The van der Waals surface area contributed by atoms with Gasteiger partial charge < -0.3 is 5.73 Å². The normalized spacial score (nSPS) is 11.8. The van der Waals surface area contributed by atoms with E-state index in [0.29, 0.717) is 25.4 Å². The summed E-state index contributed by atoms with van der Waals surface area (Å²) in [6.07, 6.45) is 2.13. The minimum atomic E-state index is -3.10. The largest absolute Gasteiger partial charge is 0.330 e. The van der Waals surface area contributed by atoms with E-state index in [1.807, 2.05) is 0 Å². The Labute approximate surface area is 84.9 Å². The van der Waals surface area contributed by atoms with Crippen molar-refractivity contribution in [1.82, 2.24) is 4.72 Å². The molecule has 0 fully saturated rings. The van der Waals surface area contributed by atoms with Crippen LogP contribution in [0.25, 0.3) is 0 Å². The summed E-state index contributed by atoms with van der Waals surface area (Å²) in [5.41, 5.74) is 5.26. The Kier molecular flexibility index (Phi) is 7.65. The van der Waals surface area contributed by atoms with Crippen LogP contribution in [-0.2, 0) is 10.0 Å². The maximum absolute atomic E-state index is 11.2. The summed E-state index contributed by atoms with van der Waals surface area (Å²) in [5, 5.41) is 0. The van der Waals surface area contributed by atoms with Crippen molar-refractivity contribution >= 4 is 21.6 Å². The van der Waals surface area contributed by atoms with Gasteiger partial charge in [-0.25, -0.2) is 13.1 Å². The third-order valence-corrected chi connectivity index (χ3v) is 3.24. The first-order valence-corrected chi connectivity index (χ1v) is 6.54. The van der Waals surface area contributed by atoms with Gasteiger partial charge in [-0.15, -0.1) is 11.6 Å². The van der Waals surface area contributed by atoms with Gasteiger partial charge in [-0.1, -0.05) is 0 Å². The van der Waals surface area contributed by atoms with Crippen LogP contribution in [0, 0.1) is 0 Å². The average molecular weight is 229 g/mol. The van der Waals surface area contributed by atoms with Crippen LogP contribution in [0.4, 0.5) is 0 Å². The number of alkyl halides is 1. The van der Waals surface area contributed by atoms with Gasteiger partial charge in [-0.2, -0.15) is 0 Å². The minimum absolute atomic E-state index is 0.110. The molecule has 0 unspecified atom stereocenters. The molecule has 0 aromatic carbocycles. The van der Waals surface area contributed by atoms with Gasteiger partial charge in [0.05, 0.1) is 5.75 Å². The number of halogens is 1. The molecule has 0 amide bonds. The summed E-state index contributed by atoms with van der Waals surface area (Å²) in [4.78, 5) is 0. The quantitative estimate of drug-likeness (QED) is 0.463. The standard InChI is InChI=1S/C7H17ClN2O2S/c8-4-3-7-13(11,12)10-6-2-1-5-9/h10H,1-7,9H2. The van der Waals surface area contributed by atoms with Crippen LogP contribution in [0.2, 0.25) is 0 Å². The Morgan fingerprint density at radius 3 is 2.46 bits per heavy atom. The molecule has 0 radical (unpaired) electrons. The molecule has 13 heavy (non-hydrogen) atoms. The zero-order valence-corrected chi connectivity index (χ0v) is 9.20. The molecule has 80 valence electrons. The van der Waals surface area contributed by atoms with E-state index >= 15 is 0 Å². The number of nitrogens with one attached hydrogen (secondary N) is 1. The molecule has 0 spiro atoms. The highest BCUT2D eigenvalue weighted by Crippen LogP contribution is 1.93. The van der Waals surface area contributed by atoms with Gasteiger partial charge >= 0.3 is 0 Å². The van der Waals surface area contributed by atoms with Crippen LogP contribution in [-0.4, -0.2) is 33.1 Å². The van der Waals surface area contributed by atoms with Gasteiger partial charge in [0, 0.05) is 12.4 Å². The SMILES string of the molecule is NCCCCNS(=O)(=O)CCCCl. The molecule has 0 aliphatic carbocycles. The van der Waals surface area contributed by atoms with E-state index in [2.05, 4.69) is 4.72 Å². The Morgan fingerprint density at radius 2 is 1.92 bits per heavy atom.